The van der Waals surface area contributed by atoms with E-state index in [2.05, 4.69) is 9.71 Å². The minimum atomic E-state index is -3.62. The number of hydrogen-bond donors (Lipinski definition) is 2. The lowest BCUT2D eigenvalue weighted by Gasteiger charge is -2.10. The number of nitrogens with one attached hydrogen (secondary N) is 2. The van der Waals surface area contributed by atoms with Crippen molar-refractivity contribution in [3.8, 4) is 0 Å². The molecule has 1 atom stereocenters. The van der Waals surface area contributed by atoms with Crippen LogP contribution in [0.2, 0.25) is 0 Å². The van der Waals surface area contributed by atoms with E-state index in [1.807, 2.05) is 0 Å². The second-order valence-electron chi connectivity index (χ2n) is 3.33. The number of aromatic nitrogens is 1. The molecule has 2 N–H and O–H groups in total. The molecule has 0 aliphatic rings. The summed E-state index contributed by atoms with van der Waals surface area (Å²) >= 11 is 0.678. The van der Waals surface area contributed by atoms with Crippen molar-refractivity contribution in [2.75, 3.05) is 13.7 Å². The number of aromatic amines is 1. The van der Waals surface area contributed by atoms with Crippen LogP contribution in [0, 0.1) is 6.92 Å². The van der Waals surface area contributed by atoms with Gasteiger partial charge >= 0.3 is 4.87 Å². The van der Waals surface area contributed by atoms with Gasteiger partial charge < -0.3 is 9.72 Å². The maximum atomic E-state index is 11.8. The van der Waals surface area contributed by atoms with Crippen LogP contribution in [0.3, 0.4) is 0 Å². The number of sulfonamides is 1. The molecule has 0 aromatic carbocycles. The first kappa shape index (κ1) is 13.4. The summed E-state index contributed by atoms with van der Waals surface area (Å²) in [6.07, 6.45) is -0.217. The number of thiazole rings is 1. The van der Waals surface area contributed by atoms with E-state index >= 15 is 0 Å². The molecule has 6 nitrogen and oxygen atoms in total. The van der Waals surface area contributed by atoms with Crippen molar-refractivity contribution in [2.24, 2.45) is 0 Å². The van der Waals surface area contributed by atoms with Crippen LogP contribution in [-0.2, 0) is 14.8 Å². The fourth-order valence-corrected chi connectivity index (χ4v) is 3.48. The SMILES string of the molecule is COC(C)CNS(=O)(=O)c1sc(=O)[nH]c1C. The fourth-order valence-electron chi connectivity index (χ4n) is 1.02. The van der Waals surface area contributed by atoms with Gasteiger partial charge in [-0.2, -0.15) is 0 Å². The third-order valence-electron chi connectivity index (χ3n) is 1.99. The van der Waals surface area contributed by atoms with Crippen molar-refractivity contribution in [1.82, 2.24) is 9.71 Å². The minimum absolute atomic E-state index is 0.0285. The molecule has 0 aliphatic carbocycles. The molecule has 1 rings (SSSR count). The Morgan fingerprint density at radius 3 is 2.62 bits per heavy atom. The normalized spacial score (nSPS) is 13.9. The van der Waals surface area contributed by atoms with Crippen LogP contribution < -0.4 is 9.60 Å². The van der Waals surface area contributed by atoms with Crippen molar-refractivity contribution in [1.29, 1.82) is 0 Å². The Labute approximate surface area is 97.7 Å². The van der Waals surface area contributed by atoms with Crippen molar-refractivity contribution in [2.45, 2.75) is 24.2 Å². The van der Waals surface area contributed by atoms with Gasteiger partial charge in [-0.1, -0.05) is 11.3 Å². The maximum Gasteiger partial charge on any atom is 0.305 e. The van der Waals surface area contributed by atoms with E-state index in [1.165, 1.54) is 7.11 Å². The molecule has 1 unspecified atom stereocenters. The van der Waals surface area contributed by atoms with Gasteiger partial charge in [-0.15, -0.1) is 0 Å². The van der Waals surface area contributed by atoms with Crippen molar-refractivity contribution >= 4 is 21.4 Å². The summed E-state index contributed by atoms with van der Waals surface area (Å²) in [5.41, 5.74) is 0.354. The fraction of sp³-hybridized carbons (Fsp3) is 0.625. The molecule has 0 aliphatic heterocycles. The first-order chi connectivity index (χ1) is 7.36. The quantitative estimate of drug-likeness (QED) is 0.788. The summed E-state index contributed by atoms with van der Waals surface area (Å²) in [7, 11) is -2.12. The summed E-state index contributed by atoms with van der Waals surface area (Å²) in [6.45, 7) is 3.46. The molecule has 1 heterocycles. The van der Waals surface area contributed by atoms with Crippen molar-refractivity contribution in [3.63, 3.8) is 0 Å². The summed E-state index contributed by atoms with van der Waals surface area (Å²) in [4.78, 5) is 13.0. The number of methoxy groups -OCH3 is 1. The van der Waals surface area contributed by atoms with Crippen LogP contribution in [0.1, 0.15) is 12.6 Å². The van der Waals surface area contributed by atoms with E-state index in [9.17, 15) is 13.2 Å². The Bertz CT molecular complexity index is 502. The van der Waals surface area contributed by atoms with Crippen molar-refractivity contribution < 1.29 is 13.2 Å². The van der Waals surface area contributed by atoms with E-state index in [0.717, 1.165) is 0 Å². The van der Waals surface area contributed by atoms with Gasteiger partial charge in [-0.05, 0) is 13.8 Å². The highest BCUT2D eigenvalue weighted by molar-refractivity contribution is 7.91. The highest BCUT2D eigenvalue weighted by Gasteiger charge is 2.20. The van der Waals surface area contributed by atoms with Gasteiger partial charge in [0.2, 0.25) is 0 Å². The van der Waals surface area contributed by atoms with Gasteiger partial charge in [0, 0.05) is 19.3 Å². The topological polar surface area (TPSA) is 88.3 Å². The van der Waals surface area contributed by atoms with Gasteiger partial charge in [0.25, 0.3) is 10.0 Å². The summed E-state index contributed by atoms with van der Waals surface area (Å²) in [5, 5.41) is 0. The Hall–Kier alpha value is -0.700. The van der Waals surface area contributed by atoms with Crippen LogP contribution in [0.5, 0.6) is 0 Å². The van der Waals surface area contributed by atoms with Crippen LogP contribution in [0.4, 0.5) is 0 Å². The summed E-state index contributed by atoms with van der Waals surface area (Å²) in [6, 6.07) is 0. The molecule has 8 heteroatoms. The molecule has 0 spiro atoms. The summed E-state index contributed by atoms with van der Waals surface area (Å²) < 4.78 is 30.9. The third-order valence-corrected chi connectivity index (χ3v) is 5.02. The molecule has 0 fully saturated rings. The molecule has 0 saturated carbocycles. The molecular formula is C8H14N2O4S2. The second-order valence-corrected chi connectivity index (χ2v) is 6.27. The van der Waals surface area contributed by atoms with Gasteiger partial charge in [0.15, 0.2) is 4.21 Å². The maximum absolute atomic E-state index is 11.8. The Morgan fingerprint density at radius 2 is 2.19 bits per heavy atom. The largest absolute Gasteiger partial charge is 0.380 e. The monoisotopic (exact) mass is 266 g/mol. The first-order valence-corrected chi connectivity index (χ1v) is 6.89. The number of aryl methyl sites for hydroxylation is 1. The van der Waals surface area contributed by atoms with Gasteiger partial charge in [-0.25, -0.2) is 13.1 Å². The minimum Gasteiger partial charge on any atom is -0.380 e. The number of ether oxygens (including phenoxy) is 1. The van der Waals surface area contributed by atoms with Gasteiger partial charge in [-0.3, -0.25) is 4.79 Å². The predicted molar refractivity (Wildman–Crippen MR) is 61.3 cm³/mol. The lowest BCUT2D eigenvalue weighted by Crippen LogP contribution is -2.31. The van der Waals surface area contributed by atoms with Crippen LogP contribution >= 0.6 is 11.3 Å². The van der Waals surface area contributed by atoms with Crippen LogP contribution in [0.15, 0.2) is 9.00 Å². The molecule has 0 radical (unpaired) electrons. The van der Waals surface area contributed by atoms with E-state index in [1.54, 1.807) is 13.8 Å². The molecule has 92 valence electrons. The van der Waals surface area contributed by atoms with E-state index < -0.39 is 10.0 Å². The molecule has 1 aromatic heterocycles. The van der Waals surface area contributed by atoms with E-state index in [0.29, 0.717) is 17.0 Å². The number of hydrogen-bond acceptors (Lipinski definition) is 5. The third kappa shape index (κ3) is 3.14. The highest BCUT2D eigenvalue weighted by Crippen LogP contribution is 2.15. The van der Waals surface area contributed by atoms with E-state index in [-0.39, 0.29) is 21.7 Å². The number of H-pyrrole nitrogens is 1. The zero-order chi connectivity index (χ0) is 12.3. The summed E-state index contributed by atoms with van der Waals surface area (Å²) in [5.74, 6) is 0. The van der Waals surface area contributed by atoms with Crippen molar-refractivity contribution in [3.05, 3.63) is 15.4 Å². The van der Waals surface area contributed by atoms with Gasteiger partial charge in [0.05, 0.1) is 6.10 Å². The molecule has 0 bridgehead atoms. The standard InChI is InChI=1S/C8H14N2O4S2/c1-5(14-3)4-9-16(12,13)7-6(2)10-8(11)15-7/h5,9H,4H2,1-3H3,(H,10,11). The lowest BCUT2D eigenvalue weighted by molar-refractivity contribution is 0.122. The second kappa shape index (κ2) is 5.09. The Morgan fingerprint density at radius 1 is 1.56 bits per heavy atom. The number of rotatable bonds is 5. The molecule has 0 saturated heterocycles. The highest BCUT2D eigenvalue weighted by atomic mass is 32.2. The zero-order valence-corrected chi connectivity index (χ0v) is 10.9. The smallest absolute Gasteiger partial charge is 0.305 e. The lowest BCUT2D eigenvalue weighted by atomic mass is 10.4. The van der Waals surface area contributed by atoms with Crippen LogP contribution in [0.25, 0.3) is 0 Å². The predicted octanol–water partition coefficient (Wildman–Crippen LogP) is 0.0580. The average Bonchev–Trinajstić information content (AvgIpc) is 2.55. The van der Waals surface area contributed by atoms with Crippen LogP contribution in [-0.4, -0.2) is 33.2 Å². The average molecular weight is 266 g/mol. The molecular weight excluding hydrogens is 252 g/mol. The van der Waals surface area contributed by atoms with E-state index in [4.69, 9.17) is 4.74 Å². The molecule has 0 amide bonds. The first-order valence-electron chi connectivity index (χ1n) is 4.59. The zero-order valence-electron chi connectivity index (χ0n) is 9.23. The van der Waals surface area contributed by atoms with Gasteiger partial charge in [0.1, 0.15) is 0 Å². The Kier molecular flexibility index (Phi) is 4.25. The molecule has 1 aromatic rings. The Balaban J connectivity index is 2.86. The molecule has 16 heavy (non-hydrogen) atoms.